The highest BCUT2D eigenvalue weighted by atomic mass is 15.3. The second-order valence-electron chi connectivity index (χ2n) is 3.72. The topological polar surface area (TPSA) is 18.3 Å². The molecule has 0 aromatic rings. The van der Waals surface area contributed by atoms with E-state index in [1.54, 1.807) is 0 Å². The molecule has 2 aliphatic rings. The van der Waals surface area contributed by atoms with Crippen molar-refractivity contribution in [1.82, 2.24) is 10.2 Å². The molecule has 0 saturated carbocycles. The zero-order valence-electron chi connectivity index (χ0n) is 9.87. The van der Waals surface area contributed by atoms with E-state index in [2.05, 4.69) is 41.4 Å². The van der Waals surface area contributed by atoms with Crippen molar-refractivity contribution in [2.75, 3.05) is 33.2 Å². The van der Waals surface area contributed by atoms with Crippen LogP contribution < -0.4 is 5.32 Å². The number of hydrogen-bond donors (Lipinski definition) is 1. The fraction of sp³-hybridized carbons (Fsp3) is 0.583. The summed E-state index contributed by atoms with van der Waals surface area (Å²) in [6.45, 7) is 10.5. The van der Waals surface area contributed by atoms with Crippen LogP contribution in [0.15, 0.2) is 24.9 Å². The minimum absolute atomic E-state index is 1.00. The molecule has 84 valence electrons. The monoisotopic (exact) mass is 208 g/mol. The van der Waals surface area contributed by atoms with E-state index in [4.69, 9.17) is 0 Å². The van der Waals surface area contributed by atoms with Crippen molar-refractivity contribution in [2.45, 2.75) is 13.3 Å². The van der Waals surface area contributed by atoms with Crippen molar-refractivity contribution in [1.29, 1.82) is 0 Å². The first-order valence-corrected chi connectivity index (χ1v) is 5.60. The van der Waals surface area contributed by atoms with Gasteiger partial charge in [-0.3, -0.25) is 9.48 Å². The fourth-order valence-corrected chi connectivity index (χ4v) is 1.64. The van der Waals surface area contributed by atoms with E-state index in [1.807, 2.05) is 12.3 Å². The summed E-state index contributed by atoms with van der Waals surface area (Å²) in [5, 5.41) is 2.93. The van der Waals surface area contributed by atoms with Gasteiger partial charge in [-0.25, -0.2) is 0 Å². The molecule has 0 aromatic carbocycles. The third-order valence-electron chi connectivity index (χ3n) is 2.69. The molecular weight excluding hydrogens is 186 g/mol. The lowest BCUT2D eigenvalue weighted by Gasteiger charge is -2.04. The molecule has 0 fully saturated rings. The zero-order valence-corrected chi connectivity index (χ0v) is 9.87. The van der Waals surface area contributed by atoms with Crippen molar-refractivity contribution in [3.63, 3.8) is 0 Å². The van der Waals surface area contributed by atoms with Gasteiger partial charge in [0.25, 0.3) is 5.84 Å². The Bertz CT molecular complexity index is 260. The van der Waals surface area contributed by atoms with E-state index >= 15 is 0 Å². The number of nitrogens with zero attached hydrogens (tertiary/aromatic N) is 2. The molecule has 0 aliphatic carbocycles. The molecule has 0 amide bonds. The predicted octanol–water partition coefficient (Wildman–Crippen LogP) is 1.04. The Balaban J connectivity index is 0.000000234. The minimum Gasteiger partial charge on any atom is -0.388 e. The fourth-order valence-electron chi connectivity index (χ4n) is 1.64. The molecule has 0 bridgehead atoms. The van der Waals surface area contributed by atoms with Crippen molar-refractivity contribution < 1.29 is 4.58 Å². The predicted molar refractivity (Wildman–Crippen MR) is 65.3 cm³/mol. The Morgan fingerprint density at radius 2 is 2.27 bits per heavy atom. The lowest BCUT2D eigenvalue weighted by atomic mass is 10.3. The van der Waals surface area contributed by atoms with Gasteiger partial charge in [0.2, 0.25) is 0 Å². The molecule has 0 aromatic heterocycles. The standard InChI is InChI=1S/C9H17N2.C3H5N/c1-4-6-9-10(3)7-8-11(9)5-2;1-2-4-3-1/h4H,1,5-8H2,2-3H3;1-2,4H,3H2/q+1;. The molecule has 3 nitrogen and oxygen atoms in total. The van der Waals surface area contributed by atoms with Crippen molar-refractivity contribution >= 4 is 5.84 Å². The highest BCUT2D eigenvalue weighted by Crippen LogP contribution is 2.02. The van der Waals surface area contributed by atoms with E-state index in [9.17, 15) is 0 Å². The van der Waals surface area contributed by atoms with E-state index in [0.717, 1.165) is 26.1 Å². The molecule has 15 heavy (non-hydrogen) atoms. The Hall–Kier alpha value is -1.25. The highest BCUT2D eigenvalue weighted by molar-refractivity contribution is 5.79. The van der Waals surface area contributed by atoms with Crippen LogP contribution in [0, 0.1) is 0 Å². The Kier molecular flexibility index (Phi) is 4.95. The Labute approximate surface area is 92.8 Å². The SMILES string of the molecule is C1=CNC1.C=CCC1=[N+](CC)CCN1C. The van der Waals surface area contributed by atoms with Crippen LogP contribution in [0.4, 0.5) is 0 Å². The highest BCUT2D eigenvalue weighted by Gasteiger charge is 2.23. The normalized spacial score (nSPS) is 17.9. The maximum absolute atomic E-state index is 3.75. The summed E-state index contributed by atoms with van der Waals surface area (Å²) in [7, 11) is 2.15. The largest absolute Gasteiger partial charge is 0.388 e. The molecule has 3 heteroatoms. The molecular formula is C12H22N3+. The number of amidine groups is 1. The molecule has 2 rings (SSSR count). The summed E-state index contributed by atoms with van der Waals surface area (Å²) in [4.78, 5) is 2.31. The van der Waals surface area contributed by atoms with Crippen LogP contribution in [-0.4, -0.2) is 48.5 Å². The van der Waals surface area contributed by atoms with Gasteiger partial charge in [-0.05, 0) is 19.2 Å². The van der Waals surface area contributed by atoms with Crippen LogP contribution in [0.25, 0.3) is 0 Å². The Morgan fingerprint density at radius 1 is 1.67 bits per heavy atom. The maximum Gasteiger partial charge on any atom is 0.250 e. The Morgan fingerprint density at radius 3 is 2.67 bits per heavy atom. The van der Waals surface area contributed by atoms with Gasteiger partial charge in [-0.1, -0.05) is 6.08 Å². The van der Waals surface area contributed by atoms with Gasteiger partial charge in [0.1, 0.15) is 13.1 Å². The first-order valence-electron chi connectivity index (χ1n) is 5.60. The van der Waals surface area contributed by atoms with Gasteiger partial charge in [-0.2, -0.15) is 0 Å². The quantitative estimate of drug-likeness (QED) is 0.552. The van der Waals surface area contributed by atoms with Crippen LogP contribution in [0.2, 0.25) is 0 Å². The van der Waals surface area contributed by atoms with Gasteiger partial charge in [0.15, 0.2) is 0 Å². The van der Waals surface area contributed by atoms with E-state index < -0.39 is 0 Å². The molecule has 0 atom stereocenters. The summed E-state index contributed by atoms with van der Waals surface area (Å²) in [5.74, 6) is 1.42. The average Bonchev–Trinajstić information content (AvgIpc) is 2.46. The van der Waals surface area contributed by atoms with Gasteiger partial charge in [0, 0.05) is 6.54 Å². The first kappa shape index (κ1) is 11.8. The summed E-state index contributed by atoms with van der Waals surface area (Å²) < 4.78 is 2.40. The van der Waals surface area contributed by atoms with Crippen molar-refractivity contribution in [2.24, 2.45) is 0 Å². The number of hydrogen-bond acceptors (Lipinski definition) is 2. The minimum atomic E-state index is 1.00. The average molecular weight is 208 g/mol. The molecule has 2 aliphatic heterocycles. The zero-order chi connectivity index (χ0) is 11.1. The molecule has 0 radical (unpaired) electrons. The lowest BCUT2D eigenvalue weighted by Crippen LogP contribution is -2.24. The summed E-state index contributed by atoms with van der Waals surface area (Å²) in [6.07, 6.45) is 6.98. The molecule has 1 N–H and O–H groups in total. The van der Waals surface area contributed by atoms with Gasteiger partial charge < -0.3 is 5.32 Å². The molecule has 0 spiro atoms. The van der Waals surface area contributed by atoms with E-state index in [-0.39, 0.29) is 0 Å². The summed E-state index contributed by atoms with van der Waals surface area (Å²) in [6, 6.07) is 0. The van der Waals surface area contributed by atoms with Crippen LogP contribution in [0.5, 0.6) is 0 Å². The van der Waals surface area contributed by atoms with Gasteiger partial charge in [-0.15, -0.1) is 6.58 Å². The molecule has 2 heterocycles. The van der Waals surface area contributed by atoms with Crippen molar-refractivity contribution in [3.05, 3.63) is 24.9 Å². The van der Waals surface area contributed by atoms with Gasteiger partial charge in [0.05, 0.1) is 20.0 Å². The second kappa shape index (κ2) is 6.27. The van der Waals surface area contributed by atoms with E-state index in [0.29, 0.717) is 0 Å². The van der Waals surface area contributed by atoms with Crippen LogP contribution in [0.3, 0.4) is 0 Å². The maximum atomic E-state index is 3.75. The molecule has 0 unspecified atom stereocenters. The molecule has 0 saturated heterocycles. The van der Waals surface area contributed by atoms with Crippen molar-refractivity contribution in [3.8, 4) is 0 Å². The number of nitrogens with one attached hydrogen (secondary N) is 1. The summed E-state index contributed by atoms with van der Waals surface area (Å²) in [5.41, 5.74) is 0. The van der Waals surface area contributed by atoms with E-state index in [1.165, 1.54) is 12.4 Å². The first-order chi connectivity index (χ1) is 7.29. The number of likely N-dealkylation sites (N-methyl/N-ethyl adjacent to an activating group) is 2. The third kappa shape index (κ3) is 3.42. The van der Waals surface area contributed by atoms with Gasteiger partial charge >= 0.3 is 0 Å². The second-order valence-corrected chi connectivity index (χ2v) is 3.72. The van der Waals surface area contributed by atoms with Crippen LogP contribution in [-0.2, 0) is 0 Å². The lowest BCUT2D eigenvalue weighted by molar-refractivity contribution is -0.515. The summed E-state index contributed by atoms with van der Waals surface area (Å²) >= 11 is 0. The number of rotatable bonds is 3. The van der Waals surface area contributed by atoms with Crippen LogP contribution >= 0.6 is 0 Å². The third-order valence-corrected chi connectivity index (χ3v) is 2.69. The smallest absolute Gasteiger partial charge is 0.250 e. The van der Waals surface area contributed by atoms with Crippen LogP contribution in [0.1, 0.15) is 13.3 Å².